The number of nitrogens with one attached hydrogen (secondary N) is 1. The Balaban J connectivity index is 1.83. The summed E-state index contributed by atoms with van der Waals surface area (Å²) in [5.74, 6) is 0. The first kappa shape index (κ1) is 16.9. The van der Waals surface area contributed by atoms with E-state index in [0.717, 1.165) is 12.0 Å². The Morgan fingerprint density at radius 2 is 2.05 bits per heavy atom. The summed E-state index contributed by atoms with van der Waals surface area (Å²) in [4.78, 5) is 16.5. The summed E-state index contributed by atoms with van der Waals surface area (Å²) in [5.41, 5.74) is 1.14. The van der Waals surface area contributed by atoms with Crippen LogP contribution in [-0.4, -0.2) is 30.3 Å². The molecule has 5 heteroatoms. The van der Waals surface area contributed by atoms with Crippen molar-refractivity contribution in [1.29, 1.82) is 0 Å². The number of amides is 2. The van der Waals surface area contributed by atoms with Gasteiger partial charge in [-0.1, -0.05) is 18.2 Å². The molecule has 0 fully saturated rings. The van der Waals surface area contributed by atoms with E-state index in [0.29, 0.717) is 6.54 Å². The predicted molar refractivity (Wildman–Crippen MR) is 95.7 cm³/mol. The second-order valence-corrected chi connectivity index (χ2v) is 7.25. The molecule has 0 aliphatic rings. The third-order valence-electron chi connectivity index (χ3n) is 3.38. The zero-order valence-corrected chi connectivity index (χ0v) is 14.8. The summed E-state index contributed by atoms with van der Waals surface area (Å²) in [6.07, 6.45) is 2.93. The summed E-state index contributed by atoms with van der Waals surface area (Å²) in [6.45, 7) is 2.66. The third kappa shape index (κ3) is 5.07. The second kappa shape index (κ2) is 8.25. The average Bonchev–Trinajstić information content (AvgIpc) is 3.00. The van der Waals surface area contributed by atoms with E-state index in [-0.39, 0.29) is 12.1 Å². The molecule has 1 aromatic carbocycles. The molecule has 2 amide bonds. The standard InChI is InChI=1S/C17H22N2OS2/c1-13(11-16-5-4-10-22-16)18-17(20)19(2)12-14-6-8-15(21-3)9-7-14/h4-10,13H,11-12H2,1-3H3,(H,18,20). The minimum Gasteiger partial charge on any atom is -0.335 e. The molecule has 0 radical (unpaired) electrons. The van der Waals surface area contributed by atoms with Crippen molar-refractivity contribution < 1.29 is 4.79 Å². The summed E-state index contributed by atoms with van der Waals surface area (Å²) in [7, 11) is 1.83. The molecule has 2 rings (SSSR count). The first-order valence-electron chi connectivity index (χ1n) is 7.25. The summed E-state index contributed by atoms with van der Waals surface area (Å²) >= 11 is 3.45. The highest BCUT2D eigenvalue weighted by atomic mass is 32.2. The van der Waals surface area contributed by atoms with Crippen molar-refractivity contribution in [3.05, 3.63) is 52.2 Å². The number of benzene rings is 1. The molecule has 1 N–H and O–H groups in total. The molecule has 1 unspecified atom stereocenters. The van der Waals surface area contributed by atoms with Gasteiger partial charge in [0.05, 0.1) is 0 Å². The number of carbonyl (C=O) groups is 1. The van der Waals surface area contributed by atoms with Crippen LogP contribution >= 0.6 is 23.1 Å². The molecule has 0 bridgehead atoms. The fraction of sp³-hybridized carbons (Fsp3) is 0.353. The highest BCUT2D eigenvalue weighted by molar-refractivity contribution is 7.98. The van der Waals surface area contributed by atoms with Gasteiger partial charge in [0.2, 0.25) is 0 Å². The molecule has 1 atom stereocenters. The van der Waals surface area contributed by atoms with Crippen molar-refractivity contribution in [3.63, 3.8) is 0 Å². The molecule has 118 valence electrons. The van der Waals surface area contributed by atoms with Crippen molar-refractivity contribution in [2.24, 2.45) is 0 Å². The number of hydrogen-bond donors (Lipinski definition) is 1. The molecule has 1 heterocycles. The summed E-state index contributed by atoms with van der Waals surface area (Å²) < 4.78 is 0. The molecule has 22 heavy (non-hydrogen) atoms. The Kier molecular flexibility index (Phi) is 6.34. The lowest BCUT2D eigenvalue weighted by Crippen LogP contribution is -2.42. The van der Waals surface area contributed by atoms with Crippen LogP contribution in [0.1, 0.15) is 17.4 Å². The van der Waals surface area contributed by atoms with Gasteiger partial charge in [-0.15, -0.1) is 23.1 Å². The minimum absolute atomic E-state index is 0.0296. The number of nitrogens with zero attached hydrogens (tertiary/aromatic N) is 1. The van der Waals surface area contributed by atoms with Crippen LogP contribution in [0.2, 0.25) is 0 Å². The zero-order valence-electron chi connectivity index (χ0n) is 13.2. The molecular formula is C17H22N2OS2. The van der Waals surface area contributed by atoms with Crippen LogP contribution in [0.5, 0.6) is 0 Å². The van der Waals surface area contributed by atoms with Crippen LogP contribution in [0.4, 0.5) is 4.79 Å². The van der Waals surface area contributed by atoms with E-state index in [1.807, 2.05) is 20.0 Å². The summed E-state index contributed by atoms with van der Waals surface area (Å²) in [5, 5.41) is 5.11. The van der Waals surface area contributed by atoms with Gasteiger partial charge in [0.25, 0.3) is 0 Å². The zero-order chi connectivity index (χ0) is 15.9. The highest BCUT2D eigenvalue weighted by Gasteiger charge is 2.13. The SMILES string of the molecule is CSc1ccc(CN(C)C(=O)NC(C)Cc2cccs2)cc1. The van der Waals surface area contributed by atoms with Crippen molar-refractivity contribution in [2.45, 2.75) is 30.8 Å². The molecule has 1 aromatic heterocycles. The Morgan fingerprint density at radius 1 is 1.32 bits per heavy atom. The average molecular weight is 335 g/mol. The van der Waals surface area contributed by atoms with Crippen LogP contribution in [-0.2, 0) is 13.0 Å². The first-order valence-corrected chi connectivity index (χ1v) is 9.36. The van der Waals surface area contributed by atoms with Gasteiger partial charge in [0, 0.05) is 35.8 Å². The van der Waals surface area contributed by atoms with Gasteiger partial charge < -0.3 is 10.2 Å². The predicted octanol–water partition coefficient (Wildman–Crippen LogP) is 4.24. The molecular weight excluding hydrogens is 312 g/mol. The lowest BCUT2D eigenvalue weighted by molar-refractivity contribution is 0.203. The maximum absolute atomic E-state index is 12.2. The van der Waals surface area contributed by atoms with Gasteiger partial charge in [0.1, 0.15) is 0 Å². The van der Waals surface area contributed by atoms with Crippen molar-refractivity contribution in [1.82, 2.24) is 10.2 Å². The van der Waals surface area contributed by atoms with Crippen molar-refractivity contribution >= 4 is 29.1 Å². The number of hydrogen-bond acceptors (Lipinski definition) is 3. The maximum atomic E-state index is 12.2. The van der Waals surface area contributed by atoms with Gasteiger partial charge in [-0.25, -0.2) is 4.79 Å². The van der Waals surface area contributed by atoms with Gasteiger partial charge in [0.15, 0.2) is 0 Å². The number of thioether (sulfide) groups is 1. The smallest absolute Gasteiger partial charge is 0.317 e. The summed E-state index contributed by atoms with van der Waals surface area (Å²) in [6, 6.07) is 12.6. The van der Waals surface area contributed by atoms with E-state index >= 15 is 0 Å². The monoisotopic (exact) mass is 334 g/mol. The van der Waals surface area contributed by atoms with E-state index in [1.165, 1.54) is 9.77 Å². The van der Waals surface area contributed by atoms with Gasteiger partial charge >= 0.3 is 6.03 Å². The van der Waals surface area contributed by atoms with Gasteiger partial charge in [-0.3, -0.25) is 0 Å². The van der Waals surface area contributed by atoms with E-state index in [2.05, 4.69) is 47.3 Å². The largest absolute Gasteiger partial charge is 0.335 e. The number of urea groups is 1. The number of carbonyl (C=O) groups excluding carboxylic acids is 1. The first-order chi connectivity index (χ1) is 10.6. The molecule has 0 saturated heterocycles. The molecule has 0 saturated carbocycles. The van der Waals surface area contributed by atoms with E-state index < -0.39 is 0 Å². The molecule has 2 aromatic rings. The maximum Gasteiger partial charge on any atom is 0.317 e. The minimum atomic E-state index is -0.0296. The highest BCUT2D eigenvalue weighted by Crippen LogP contribution is 2.16. The van der Waals surface area contributed by atoms with Gasteiger partial charge in [-0.05, 0) is 42.3 Å². The fourth-order valence-electron chi connectivity index (χ4n) is 2.18. The topological polar surface area (TPSA) is 32.3 Å². The lowest BCUT2D eigenvalue weighted by atomic mass is 10.2. The van der Waals surface area contributed by atoms with Crippen LogP contribution in [0, 0.1) is 0 Å². The number of rotatable bonds is 6. The second-order valence-electron chi connectivity index (χ2n) is 5.34. The third-order valence-corrected chi connectivity index (χ3v) is 5.03. The molecule has 3 nitrogen and oxygen atoms in total. The molecule has 0 aliphatic heterocycles. The van der Waals surface area contributed by atoms with Crippen molar-refractivity contribution in [3.8, 4) is 0 Å². The quantitative estimate of drug-likeness (QED) is 0.801. The van der Waals surface area contributed by atoms with E-state index in [4.69, 9.17) is 0 Å². The Labute approximate surface area is 140 Å². The Morgan fingerprint density at radius 3 is 2.64 bits per heavy atom. The van der Waals surface area contributed by atoms with Gasteiger partial charge in [-0.2, -0.15) is 0 Å². The van der Waals surface area contributed by atoms with Crippen LogP contribution < -0.4 is 5.32 Å². The Bertz CT molecular complexity index is 581. The molecule has 0 spiro atoms. The van der Waals surface area contributed by atoms with Crippen LogP contribution in [0.15, 0.2) is 46.7 Å². The normalized spacial score (nSPS) is 12.0. The van der Waals surface area contributed by atoms with E-state index in [1.54, 1.807) is 28.0 Å². The van der Waals surface area contributed by atoms with Crippen molar-refractivity contribution in [2.75, 3.05) is 13.3 Å². The molecule has 0 aliphatic carbocycles. The number of thiophene rings is 1. The Hall–Kier alpha value is -1.46. The van der Waals surface area contributed by atoms with E-state index in [9.17, 15) is 4.79 Å². The fourth-order valence-corrected chi connectivity index (χ4v) is 3.42. The van der Waals surface area contributed by atoms with Crippen LogP contribution in [0.3, 0.4) is 0 Å². The lowest BCUT2D eigenvalue weighted by Gasteiger charge is -2.21. The van der Waals surface area contributed by atoms with Crippen LogP contribution in [0.25, 0.3) is 0 Å².